The number of para-hydroxylation sites is 1. The molecule has 0 saturated heterocycles. The topological polar surface area (TPSA) is 32.6 Å². The van der Waals surface area contributed by atoms with Crippen LogP contribution in [0.5, 0.6) is 5.75 Å². The number of allylic oxidation sites excluding steroid dienone is 3. The van der Waals surface area contributed by atoms with E-state index in [0.717, 1.165) is 23.2 Å². The van der Waals surface area contributed by atoms with Crippen LogP contribution >= 0.6 is 0 Å². The average Bonchev–Trinajstić information content (AvgIpc) is 2.79. The predicted octanol–water partition coefficient (Wildman–Crippen LogP) is 3.95. The van der Waals surface area contributed by atoms with Gasteiger partial charge in [-0.25, -0.2) is 0 Å². The molecule has 0 heterocycles. The fourth-order valence-corrected chi connectivity index (χ4v) is 1.95. The fraction of sp³-hybridized carbons (Fsp3) is 0.312. The predicted molar refractivity (Wildman–Crippen MR) is 76.2 cm³/mol. The lowest BCUT2D eigenvalue weighted by Gasteiger charge is -2.21. The summed E-state index contributed by atoms with van der Waals surface area (Å²) in [5.41, 5.74) is 2.68. The Morgan fingerprint density at radius 1 is 1.28 bits per heavy atom. The lowest BCUT2D eigenvalue weighted by atomic mass is 9.85. The molecule has 1 aromatic rings. The third kappa shape index (κ3) is 2.70. The summed E-state index contributed by atoms with van der Waals surface area (Å²) in [6, 6.07) is 5.81. The first-order chi connectivity index (χ1) is 8.48. The Bertz CT molecular complexity index is 531. The molecule has 0 amide bonds. The highest BCUT2D eigenvalue weighted by Crippen LogP contribution is 2.32. The van der Waals surface area contributed by atoms with Gasteiger partial charge in [-0.05, 0) is 23.1 Å². The van der Waals surface area contributed by atoms with Crippen LogP contribution in [0.2, 0.25) is 0 Å². The summed E-state index contributed by atoms with van der Waals surface area (Å²) in [5, 5.41) is 10.3. The maximum absolute atomic E-state index is 10.3. The van der Waals surface area contributed by atoms with E-state index in [1.165, 1.54) is 0 Å². The summed E-state index contributed by atoms with van der Waals surface area (Å²) >= 11 is 0. The Kier molecular flexibility index (Phi) is 3.37. The van der Waals surface area contributed by atoms with Crippen molar-refractivity contribution in [2.45, 2.75) is 32.6 Å². The summed E-state index contributed by atoms with van der Waals surface area (Å²) in [7, 11) is 0. The number of rotatable bonds is 2. The molecule has 2 rings (SSSR count). The zero-order chi connectivity index (χ0) is 13.2. The molecule has 0 radical (unpaired) electrons. The monoisotopic (exact) mass is 241 g/mol. The van der Waals surface area contributed by atoms with Gasteiger partial charge in [0.15, 0.2) is 0 Å². The first kappa shape index (κ1) is 12.6. The summed E-state index contributed by atoms with van der Waals surface area (Å²) < 4.78 is 0. The van der Waals surface area contributed by atoms with Gasteiger partial charge in [0.2, 0.25) is 0 Å². The van der Waals surface area contributed by atoms with E-state index < -0.39 is 0 Å². The van der Waals surface area contributed by atoms with Crippen molar-refractivity contribution in [2.24, 2.45) is 4.99 Å². The third-order valence-corrected chi connectivity index (χ3v) is 3.00. The standard InChI is InChI=1S/C16H19NO/c1-16(2,3)14-10-6-7-12(15(14)18)11-17-13-8-4-5-9-13/h4-8,10-11,18H,9H2,1-3H3. The fourth-order valence-electron chi connectivity index (χ4n) is 1.95. The van der Waals surface area contributed by atoms with E-state index in [-0.39, 0.29) is 5.41 Å². The van der Waals surface area contributed by atoms with Crippen LogP contribution in [0.4, 0.5) is 0 Å². The zero-order valence-corrected chi connectivity index (χ0v) is 11.1. The minimum atomic E-state index is -0.0673. The molecule has 0 spiro atoms. The quantitative estimate of drug-likeness (QED) is 0.781. The molecule has 1 aromatic carbocycles. The van der Waals surface area contributed by atoms with Crippen LogP contribution in [0.25, 0.3) is 0 Å². The van der Waals surface area contributed by atoms with Gasteiger partial charge < -0.3 is 5.11 Å². The lowest BCUT2D eigenvalue weighted by Crippen LogP contribution is -2.11. The van der Waals surface area contributed by atoms with Crippen molar-refractivity contribution >= 4 is 6.21 Å². The van der Waals surface area contributed by atoms with Crippen molar-refractivity contribution in [3.63, 3.8) is 0 Å². The number of aromatic hydroxyl groups is 1. The molecule has 0 aliphatic heterocycles. The molecule has 0 saturated carbocycles. The first-order valence-corrected chi connectivity index (χ1v) is 6.21. The highest BCUT2D eigenvalue weighted by atomic mass is 16.3. The van der Waals surface area contributed by atoms with E-state index in [0.29, 0.717) is 5.75 Å². The second kappa shape index (κ2) is 4.81. The van der Waals surface area contributed by atoms with Crippen LogP contribution in [0.3, 0.4) is 0 Å². The second-order valence-corrected chi connectivity index (χ2v) is 5.54. The minimum absolute atomic E-state index is 0.0673. The van der Waals surface area contributed by atoms with E-state index in [4.69, 9.17) is 0 Å². The van der Waals surface area contributed by atoms with Crippen molar-refractivity contribution in [3.05, 3.63) is 53.3 Å². The van der Waals surface area contributed by atoms with Gasteiger partial charge in [0.05, 0.1) is 0 Å². The number of hydrogen-bond donors (Lipinski definition) is 1. The van der Waals surface area contributed by atoms with Crippen LogP contribution in [-0.2, 0) is 5.41 Å². The van der Waals surface area contributed by atoms with Crippen LogP contribution < -0.4 is 0 Å². The maximum atomic E-state index is 10.3. The zero-order valence-electron chi connectivity index (χ0n) is 11.1. The largest absolute Gasteiger partial charge is 0.507 e. The third-order valence-electron chi connectivity index (χ3n) is 3.00. The van der Waals surface area contributed by atoms with E-state index in [9.17, 15) is 5.11 Å². The number of phenolic OH excluding ortho intramolecular Hbond substituents is 1. The normalized spacial score (nSPS) is 15.4. The Morgan fingerprint density at radius 2 is 2.06 bits per heavy atom. The van der Waals surface area contributed by atoms with Gasteiger partial charge in [0, 0.05) is 23.9 Å². The van der Waals surface area contributed by atoms with Crippen LogP contribution in [0, 0.1) is 0 Å². The van der Waals surface area contributed by atoms with Gasteiger partial charge in [-0.1, -0.05) is 45.1 Å². The molecule has 0 aromatic heterocycles. The summed E-state index contributed by atoms with van der Waals surface area (Å²) in [4.78, 5) is 4.39. The molecule has 0 unspecified atom stereocenters. The van der Waals surface area contributed by atoms with Crippen LogP contribution in [0.1, 0.15) is 38.3 Å². The molecule has 1 aliphatic carbocycles. The molecule has 94 valence electrons. The Balaban J connectivity index is 2.29. The molecule has 2 nitrogen and oxygen atoms in total. The van der Waals surface area contributed by atoms with Gasteiger partial charge >= 0.3 is 0 Å². The molecule has 18 heavy (non-hydrogen) atoms. The molecule has 0 bridgehead atoms. The number of benzene rings is 1. The van der Waals surface area contributed by atoms with E-state index in [1.807, 2.05) is 30.4 Å². The average molecular weight is 241 g/mol. The molecule has 1 aliphatic rings. The molecular formula is C16H19NO. The SMILES string of the molecule is CC(C)(C)c1cccc(C=NC2=CC=CC2)c1O. The molecule has 2 heteroatoms. The van der Waals surface area contributed by atoms with Crippen molar-refractivity contribution < 1.29 is 5.11 Å². The highest BCUT2D eigenvalue weighted by molar-refractivity contribution is 5.85. The molecular weight excluding hydrogens is 222 g/mol. The van der Waals surface area contributed by atoms with Gasteiger partial charge in [-0.3, -0.25) is 4.99 Å². The smallest absolute Gasteiger partial charge is 0.128 e. The molecule has 0 atom stereocenters. The summed E-state index contributed by atoms with van der Waals surface area (Å²) in [5.74, 6) is 0.334. The van der Waals surface area contributed by atoms with Crippen LogP contribution in [-0.4, -0.2) is 11.3 Å². The second-order valence-electron chi connectivity index (χ2n) is 5.54. The van der Waals surface area contributed by atoms with Gasteiger partial charge in [-0.15, -0.1) is 0 Å². The number of hydrogen-bond acceptors (Lipinski definition) is 2. The van der Waals surface area contributed by atoms with Crippen LogP contribution in [0.15, 0.2) is 47.1 Å². The van der Waals surface area contributed by atoms with Crippen molar-refractivity contribution in [2.75, 3.05) is 0 Å². The Morgan fingerprint density at radius 3 is 2.67 bits per heavy atom. The first-order valence-electron chi connectivity index (χ1n) is 6.21. The highest BCUT2D eigenvalue weighted by Gasteiger charge is 2.19. The van der Waals surface area contributed by atoms with Crippen molar-refractivity contribution in [3.8, 4) is 5.75 Å². The van der Waals surface area contributed by atoms with E-state index in [2.05, 4.69) is 31.8 Å². The summed E-state index contributed by atoms with van der Waals surface area (Å²) in [6.45, 7) is 6.27. The Hall–Kier alpha value is -1.83. The van der Waals surface area contributed by atoms with E-state index >= 15 is 0 Å². The van der Waals surface area contributed by atoms with Crippen molar-refractivity contribution in [1.82, 2.24) is 0 Å². The molecule has 1 N–H and O–H groups in total. The van der Waals surface area contributed by atoms with Gasteiger partial charge in [0.1, 0.15) is 5.75 Å². The number of nitrogens with zero attached hydrogens (tertiary/aromatic N) is 1. The van der Waals surface area contributed by atoms with Gasteiger partial charge in [0.25, 0.3) is 0 Å². The lowest BCUT2D eigenvalue weighted by molar-refractivity contribution is 0.446. The number of phenols is 1. The number of aliphatic imine (C=N–C) groups is 1. The maximum Gasteiger partial charge on any atom is 0.128 e. The summed E-state index contributed by atoms with van der Waals surface area (Å²) in [6.07, 6.45) is 8.66. The van der Waals surface area contributed by atoms with E-state index in [1.54, 1.807) is 6.21 Å². The minimum Gasteiger partial charge on any atom is -0.507 e. The molecule has 0 fully saturated rings. The Labute approximate surface area is 108 Å². The van der Waals surface area contributed by atoms with Gasteiger partial charge in [-0.2, -0.15) is 0 Å². The van der Waals surface area contributed by atoms with Crippen molar-refractivity contribution in [1.29, 1.82) is 0 Å².